The molecular formula is C24H32N2O3. The summed E-state index contributed by atoms with van der Waals surface area (Å²) in [7, 11) is 5.40. The van der Waals surface area contributed by atoms with Crippen LogP contribution in [0.15, 0.2) is 42.5 Å². The van der Waals surface area contributed by atoms with Crippen molar-refractivity contribution in [3.8, 4) is 11.5 Å². The second kappa shape index (κ2) is 9.79. The minimum Gasteiger partial charge on any atom is -0.493 e. The molecule has 1 heterocycles. The normalized spacial score (nSPS) is 17.2. The molecule has 1 saturated heterocycles. The Morgan fingerprint density at radius 1 is 1.03 bits per heavy atom. The number of aryl methyl sites for hydroxylation is 2. The molecule has 1 fully saturated rings. The molecule has 0 aliphatic carbocycles. The maximum Gasteiger partial charge on any atom is 0.222 e. The standard InChI is InChI=1S/C24H32N2O3/c1-18-8-10-19(11-9-18)6-5-7-24(27)26-15-14-25(2)21(17-26)20-12-13-22(28-3)23(16-20)29-4/h8-13,16,21H,5-7,14-15,17H2,1-4H3. The predicted octanol–water partition coefficient (Wildman–Crippen LogP) is 3.85. The third kappa shape index (κ3) is 5.30. The molecule has 2 aromatic rings. The molecule has 1 amide bonds. The Bertz CT molecular complexity index is 819. The highest BCUT2D eigenvalue weighted by Crippen LogP contribution is 2.33. The number of amides is 1. The molecule has 1 aliphatic heterocycles. The van der Waals surface area contributed by atoms with E-state index in [9.17, 15) is 4.79 Å². The number of rotatable bonds is 7. The van der Waals surface area contributed by atoms with Crippen LogP contribution in [-0.4, -0.2) is 56.6 Å². The number of carbonyl (C=O) groups excluding carboxylic acids is 1. The molecule has 0 bridgehead atoms. The topological polar surface area (TPSA) is 42.0 Å². The van der Waals surface area contributed by atoms with Crippen molar-refractivity contribution in [2.24, 2.45) is 0 Å². The van der Waals surface area contributed by atoms with E-state index in [0.29, 0.717) is 13.0 Å². The highest BCUT2D eigenvalue weighted by molar-refractivity contribution is 5.76. The van der Waals surface area contributed by atoms with Crippen LogP contribution >= 0.6 is 0 Å². The van der Waals surface area contributed by atoms with Gasteiger partial charge in [-0.25, -0.2) is 0 Å². The van der Waals surface area contributed by atoms with Crippen molar-refractivity contribution >= 4 is 5.91 Å². The first kappa shape index (κ1) is 21.2. The van der Waals surface area contributed by atoms with Crippen LogP contribution in [0, 0.1) is 6.92 Å². The van der Waals surface area contributed by atoms with Crippen molar-refractivity contribution in [1.82, 2.24) is 9.80 Å². The maximum absolute atomic E-state index is 12.8. The Morgan fingerprint density at radius 3 is 2.45 bits per heavy atom. The zero-order valence-electron chi connectivity index (χ0n) is 18.0. The number of methoxy groups -OCH3 is 2. The number of ether oxygens (including phenoxy) is 2. The van der Waals surface area contributed by atoms with E-state index in [4.69, 9.17) is 9.47 Å². The number of likely N-dealkylation sites (N-methyl/N-ethyl adjacent to an activating group) is 1. The van der Waals surface area contributed by atoms with Crippen LogP contribution in [0.5, 0.6) is 11.5 Å². The summed E-state index contributed by atoms with van der Waals surface area (Å²) in [6, 6.07) is 14.7. The van der Waals surface area contributed by atoms with E-state index in [2.05, 4.69) is 49.2 Å². The van der Waals surface area contributed by atoms with Crippen LogP contribution in [0.2, 0.25) is 0 Å². The highest BCUT2D eigenvalue weighted by atomic mass is 16.5. The lowest BCUT2D eigenvalue weighted by Gasteiger charge is -2.40. The van der Waals surface area contributed by atoms with Crippen LogP contribution < -0.4 is 9.47 Å². The lowest BCUT2D eigenvalue weighted by molar-refractivity contribution is -0.134. The van der Waals surface area contributed by atoms with Crippen molar-refractivity contribution in [2.45, 2.75) is 32.2 Å². The van der Waals surface area contributed by atoms with E-state index in [0.717, 1.165) is 43.0 Å². The Hall–Kier alpha value is -2.53. The van der Waals surface area contributed by atoms with Crippen molar-refractivity contribution in [3.63, 3.8) is 0 Å². The van der Waals surface area contributed by atoms with E-state index >= 15 is 0 Å². The lowest BCUT2D eigenvalue weighted by Crippen LogP contribution is -2.49. The highest BCUT2D eigenvalue weighted by Gasteiger charge is 2.28. The molecule has 29 heavy (non-hydrogen) atoms. The fraction of sp³-hybridized carbons (Fsp3) is 0.458. The maximum atomic E-state index is 12.8. The summed E-state index contributed by atoms with van der Waals surface area (Å²) >= 11 is 0. The van der Waals surface area contributed by atoms with Gasteiger partial charge in [0.15, 0.2) is 11.5 Å². The second-order valence-corrected chi connectivity index (χ2v) is 7.79. The summed E-state index contributed by atoms with van der Waals surface area (Å²) in [6.45, 7) is 4.44. The first-order chi connectivity index (χ1) is 14.0. The zero-order chi connectivity index (χ0) is 20.8. The summed E-state index contributed by atoms with van der Waals surface area (Å²) in [5, 5.41) is 0. The largest absolute Gasteiger partial charge is 0.493 e. The third-order valence-electron chi connectivity index (χ3n) is 5.77. The third-order valence-corrected chi connectivity index (χ3v) is 5.77. The molecule has 0 saturated carbocycles. The van der Waals surface area contributed by atoms with Gasteiger partial charge < -0.3 is 14.4 Å². The predicted molar refractivity (Wildman–Crippen MR) is 116 cm³/mol. The SMILES string of the molecule is COc1ccc(C2CN(C(=O)CCCc3ccc(C)cc3)CCN2C)cc1OC. The summed E-state index contributed by atoms with van der Waals surface area (Å²) in [6.07, 6.45) is 2.42. The number of nitrogens with zero attached hydrogens (tertiary/aromatic N) is 2. The van der Waals surface area contributed by atoms with E-state index in [1.807, 2.05) is 17.0 Å². The summed E-state index contributed by atoms with van der Waals surface area (Å²) in [4.78, 5) is 17.1. The van der Waals surface area contributed by atoms with E-state index in [1.165, 1.54) is 11.1 Å². The Labute approximate surface area is 174 Å². The van der Waals surface area contributed by atoms with Gasteiger partial charge in [-0.2, -0.15) is 0 Å². The van der Waals surface area contributed by atoms with Crippen LogP contribution in [-0.2, 0) is 11.2 Å². The fourth-order valence-electron chi connectivity index (χ4n) is 3.88. The molecule has 0 N–H and O–H groups in total. The number of benzene rings is 2. The molecule has 5 nitrogen and oxygen atoms in total. The molecular weight excluding hydrogens is 364 g/mol. The summed E-state index contributed by atoms with van der Waals surface area (Å²) < 4.78 is 10.8. The first-order valence-corrected chi connectivity index (χ1v) is 10.3. The molecule has 1 atom stereocenters. The van der Waals surface area contributed by atoms with Gasteiger partial charge in [0.25, 0.3) is 0 Å². The van der Waals surface area contributed by atoms with Crippen LogP contribution in [0.4, 0.5) is 0 Å². The van der Waals surface area contributed by atoms with Gasteiger partial charge in [0, 0.05) is 26.1 Å². The molecule has 0 spiro atoms. The minimum atomic E-state index is 0.157. The van der Waals surface area contributed by atoms with E-state index in [-0.39, 0.29) is 11.9 Å². The van der Waals surface area contributed by atoms with Gasteiger partial charge in [-0.1, -0.05) is 35.9 Å². The van der Waals surface area contributed by atoms with Gasteiger partial charge in [-0.05, 0) is 50.1 Å². The average Bonchev–Trinajstić information content (AvgIpc) is 2.74. The van der Waals surface area contributed by atoms with Gasteiger partial charge in [0.2, 0.25) is 5.91 Å². The fourth-order valence-corrected chi connectivity index (χ4v) is 3.88. The number of hydrogen-bond acceptors (Lipinski definition) is 4. The van der Waals surface area contributed by atoms with Crippen LogP contribution in [0.25, 0.3) is 0 Å². The quantitative estimate of drug-likeness (QED) is 0.713. The van der Waals surface area contributed by atoms with E-state index < -0.39 is 0 Å². The van der Waals surface area contributed by atoms with Crippen LogP contribution in [0.3, 0.4) is 0 Å². The van der Waals surface area contributed by atoms with E-state index in [1.54, 1.807) is 14.2 Å². The number of carbonyl (C=O) groups is 1. The lowest BCUT2D eigenvalue weighted by atomic mass is 10.0. The summed E-state index contributed by atoms with van der Waals surface area (Å²) in [5.74, 6) is 1.69. The molecule has 156 valence electrons. The number of hydrogen-bond donors (Lipinski definition) is 0. The molecule has 1 aliphatic rings. The molecule has 0 aromatic heterocycles. The van der Waals surface area contributed by atoms with Gasteiger partial charge >= 0.3 is 0 Å². The van der Waals surface area contributed by atoms with Crippen molar-refractivity contribution < 1.29 is 14.3 Å². The zero-order valence-corrected chi connectivity index (χ0v) is 18.0. The second-order valence-electron chi connectivity index (χ2n) is 7.79. The minimum absolute atomic E-state index is 0.157. The van der Waals surface area contributed by atoms with Gasteiger partial charge in [0.05, 0.1) is 20.3 Å². The molecule has 2 aromatic carbocycles. The van der Waals surface area contributed by atoms with Gasteiger partial charge in [-0.3, -0.25) is 9.69 Å². The van der Waals surface area contributed by atoms with Crippen LogP contribution in [0.1, 0.15) is 35.6 Å². The molecule has 1 unspecified atom stereocenters. The smallest absolute Gasteiger partial charge is 0.222 e. The van der Waals surface area contributed by atoms with Gasteiger partial charge in [-0.15, -0.1) is 0 Å². The Kier molecular flexibility index (Phi) is 7.15. The number of piperazine rings is 1. The first-order valence-electron chi connectivity index (χ1n) is 10.3. The molecule has 5 heteroatoms. The Balaban J connectivity index is 1.60. The van der Waals surface area contributed by atoms with Crippen molar-refractivity contribution in [3.05, 3.63) is 59.2 Å². The summed E-state index contributed by atoms with van der Waals surface area (Å²) in [5.41, 5.74) is 3.70. The molecule has 3 rings (SSSR count). The Morgan fingerprint density at radius 2 is 1.76 bits per heavy atom. The van der Waals surface area contributed by atoms with Crippen molar-refractivity contribution in [1.29, 1.82) is 0 Å². The monoisotopic (exact) mass is 396 g/mol. The van der Waals surface area contributed by atoms with Gasteiger partial charge in [0.1, 0.15) is 0 Å². The van der Waals surface area contributed by atoms with Crippen molar-refractivity contribution in [2.75, 3.05) is 40.9 Å². The average molecular weight is 397 g/mol. The molecule has 0 radical (unpaired) electrons.